The molecule has 3 nitrogen and oxygen atoms in total. The number of carbonyl (C=O) groups is 1. The molecule has 0 fully saturated rings. The number of benzene rings is 2. The van der Waals surface area contributed by atoms with Crippen LogP contribution in [-0.2, 0) is 0 Å². The molecule has 104 valence electrons. The van der Waals surface area contributed by atoms with Crippen LogP contribution in [0.15, 0.2) is 59.2 Å². The summed E-state index contributed by atoms with van der Waals surface area (Å²) >= 11 is 9.47. The lowest BCUT2D eigenvalue weighted by Crippen LogP contribution is -2.12. The summed E-state index contributed by atoms with van der Waals surface area (Å²) in [7, 11) is 0. The summed E-state index contributed by atoms with van der Waals surface area (Å²) in [6.45, 7) is 0. The molecule has 21 heavy (non-hydrogen) atoms. The Morgan fingerprint density at radius 3 is 2.76 bits per heavy atom. The van der Waals surface area contributed by atoms with Gasteiger partial charge in [-0.3, -0.25) is 9.78 Å². The van der Waals surface area contributed by atoms with Gasteiger partial charge in [0, 0.05) is 16.1 Å². The molecule has 1 amide bonds. The van der Waals surface area contributed by atoms with Gasteiger partial charge in [0.1, 0.15) is 0 Å². The smallest absolute Gasteiger partial charge is 0.257 e. The van der Waals surface area contributed by atoms with E-state index >= 15 is 0 Å². The molecule has 3 aromatic rings. The number of nitrogens with zero attached hydrogens (tertiary/aromatic N) is 1. The molecule has 0 aliphatic carbocycles. The van der Waals surface area contributed by atoms with Crippen molar-refractivity contribution in [2.75, 3.05) is 5.32 Å². The Hall–Kier alpha value is -1.91. The Balaban J connectivity index is 1.99. The lowest BCUT2D eigenvalue weighted by atomic mass is 10.1. The molecule has 0 saturated carbocycles. The molecule has 3 rings (SSSR count). The van der Waals surface area contributed by atoms with Crippen LogP contribution in [0, 0.1) is 0 Å². The lowest BCUT2D eigenvalue weighted by molar-refractivity contribution is 0.102. The minimum absolute atomic E-state index is 0.252. The molecule has 0 spiro atoms. The Bertz CT molecular complexity index is 830. The van der Waals surface area contributed by atoms with E-state index < -0.39 is 0 Å². The number of fused-ring (bicyclic) bond motifs is 1. The highest BCUT2D eigenvalue weighted by atomic mass is 79.9. The van der Waals surface area contributed by atoms with Crippen LogP contribution in [0.5, 0.6) is 0 Å². The zero-order chi connectivity index (χ0) is 14.8. The molecular weight excluding hydrogens is 352 g/mol. The van der Waals surface area contributed by atoms with Gasteiger partial charge in [0.25, 0.3) is 5.91 Å². The van der Waals surface area contributed by atoms with Crippen LogP contribution in [0.25, 0.3) is 10.9 Å². The average molecular weight is 362 g/mol. The molecule has 0 aliphatic heterocycles. The fourth-order valence-electron chi connectivity index (χ4n) is 2.08. The minimum Gasteiger partial charge on any atom is -0.321 e. The van der Waals surface area contributed by atoms with Crippen LogP contribution in [0.3, 0.4) is 0 Å². The van der Waals surface area contributed by atoms with Crippen molar-refractivity contribution in [2.45, 2.75) is 0 Å². The highest BCUT2D eigenvalue weighted by molar-refractivity contribution is 9.10. The first-order valence-corrected chi connectivity index (χ1v) is 7.43. The van der Waals surface area contributed by atoms with Gasteiger partial charge in [-0.1, -0.05) is 23.7 Å². The van der Waals surface area contributed by atoms with Crippen molar-refractivity contribution in [3.63, 3.8) is 0 Å². The highest BCUT2D eigenvalue weighted by Crippen LogP contribution is 2.28. The molecule has 0 saturated heterocycles. The van der Waals surface area contributed by atoms with Gasteiger partial charge in [0.05, 0.1) is 21.8 Å². The summed E-state index contributed by atoms with van der Waals surface area (Å²) in [6, 6.07) is 14.6. The normalized spacial score (nSPS) is 10.6. The van der Waals surface area contributed by atoms with Gasteiger partial charge in [-0.05, 0) is 52.3 Å². The topological polar surface area (TPSA) is 42.0 Å². The zero-order valence-electron chi connectivity index (χ0n) is 10.8. The van der Waals surface area contributed by atoms with Gasteiger partial charge in [-0.15, -0.1) is 0 Å². The van der Waals surface area contributed by atoms with Gasteiger partial charge in [0.2, 0.25) is 0 Å². The lowest BCUT2D eigenvalue weighted by Gasteiger charge is -2.10. The largest absolute Gasteiger partial charge is 0.321 e. The number of hydrogen-bond donors (Lipinski definition) is 1. The average Bonchev–Trinajstić information content (AvgIpc) is 2.50. The van der Waals surface area contributed by atoms with E-state index in [1.165, 1.54) is 0 Å². The summed E-state index contributed by atoms with van der Waals surface area (Å²) in [5, 5.41) is 4.17. The molecular formula is C16H10BrClN2O. The van der Waals surface area contributed by atoms with Gasteiger partial charge < -0.3 is 5.32 Å². The van der Waals surface area contributed by atoms with Crippen molar-refractivity contribution >= 4 is 50.0 Å². The molecule has 0 bridgehead atoms. The van der Waals surface area contributed by atoms with E-state index in [4.69, 9.17) is 11.6 Å². The van der Waals surface area contributed by atoms with E-state index in [9.17, 15) is 4.79 Å². The molecule has 1 N–H and O–H groups in total. The Morgan fingerprint density at radius 1 is 1.10 bits per heavy atom. The third kappa shape index (κ3) is 2.77. The summed E-state index contributed by atoms with van der Waals surface area (Å²) in [4.78, 5) is 16.7. The first-order valence-electron chi connectivity index (χ1n) is 6.26. The Morgan fingerprint density at radius 2 is 1.90 bits per heavy atom. The van der Waals surface area contributed by atoms with E-state index in [1.54, 1.807) is 24.4 Å². The van der Waals surface area contributed by atoms with Crippen molar-refractivity contribution < 1.29 is 4.79 Å². The number of anilines is 1. The SMILES string of the molecule is O=C(Nc1cccc2ncccc12)c1cccc(Br)c1Cl. The molecule has 0 aliphatic rings. The third-order valence-corrected chi connectivity index (χ3v) is 4.39. The van der Waals surface area contributed by atoms with E-state index in [1.807, 2.05) is 30.3 Å². The second-order valence-electron chi connectivity index (χ2n) is 4.43. The summed E-state index contributed by atoms with van der Waals surface area (Å²) in [5.41, 5.74) is 1.96. The zero-order valence-corrected chi connectivity index (χ0v) is 13.1. The van der Waals surface area contributed by atoms with Gasteiger partial charge >= 0.3 is 0 Å². The van der Waals surface area contributed by atoms with Crippen LogP contribution in [0.1, 0.15) is 10.4 Å². The van der Waals surface area contributed by atoms with Crippen molar-refractivity contribution in [3.05, 3.63) is 69.8 Å². The predicted molar refractivity (Wildman–Crippen MR) is 88.8 cm³/mol. The van der Waals surface area contributed by atoms with Crippen LogP contribution in [0.4, 0.5) is 5.69 Å². The Kier molecular flexibility index (Phi) is 3.90. The molecule has 1 aromatic heterocycles. The first-order chi connectivity index (χ1) is 10.2. The number of hydrogen-bond acceptors (Lipinski definition) is 2. The van der Waals surface area contributed by atoms with Crippen LogP contribution in [0.2, 0.25) is 5.02 Å². The van der Waals surface area contributed by atoms with E-state index in [-0.39, 0.29) is 5.91 Å². The fourth-order valence-corrected chi connectivity index (χ4v) is 2.66. The second kappa shape index (κ2) is 5.84. The number of rotatable bonds is 2. The monoisotopic (exact) mass is 360 g/mol. The Labute approximate surface area is 135 Å². The minimum atomic E-state index is -0.252. The van der Waals surface area contributed by atoms with E-state index in [2.05, 4.69) is 26.2 Å². The quantitative estimate of drug-likeness (QED) is 0.705. The van der Waals surface area contributed by atoms with Gasteiger partial charge in [0.15, 0.2) is 0 Å². The van der Waals surface area contributed by atoms with E-state index in [0.29, 0.717) is 20.7 Å². The van der Waals surface area contributed by atoms with Crippen molar-refractivity contribution in [1.29, 1.82) is 0 Å². The number of halogens is 2. The maximum absolute atomic E-state index is 12.4. The van der Waals surface area contributed by atoms with Gasteiger partial charge in [-0.2, -0.15) is 0 Å². The van der Waals surface area contributed by atoms with Gasteiger partial charge in [-0.25, -0.2) is 0 Å². The molecule has 5 heteroatoms. The fraction of sp³-hybridized carbons (Fsp3) is 0. The number of pyridine rings is 1. The van der Waals surface area contributed by atoms with Crippen LogP contribution >= 0.6 is 27.5 Å². The molecule has 0 radical (unpaired) electrons. The highest BCUT2D eigenvalue weighted by Gasteiger charge is 2.13. The maximum Gasteiger partial charge on any atom is 0.257 e. The third-order valence-electron chi connectivity index (χ3n) is 3.09. The van der Waals surface area contributed by atoms with Crippen molar-refractivity contribution in [2.24, 2.45) is 0 Å². The number of nitrogens with one attached hydrogen (secondary N) is 1. The first kappa shape index (κ1) is 14.0. The number of aromatic nitrogens is 1. The molecule has 2 aromatic carbocycles. The van der Waals surface area contributed by atoms with Crippen molar-refractivity contribution in [3.8, 4) is 0 Å². The number of amides is 1. The van der Waals surface area contributed by atoms with Crippen molar-refractivity contribution in [1.82, 2.24) is 4.98 Å². The standard InChI is InChI=1S/C16H10BrClN2O/c17-12-6-1-4-11(15(12)18)16(21)20-14-8-2-7-13-10(14)5-3-9-19-13/h1-9H,(H,20,21). The number of carbonyl (C=O) groups excluding carboxylic acids is 1. The summed E-state index contributed by atoms with van der Waals surface area (Å²) < 4.78 is 0.691. The molecule has 0 unspecified atom stereocenters. The predicted octanol–water partition coefficient (Wildman–Crippen LogP) is 4.90. The summed E-state index contributed by atoms with van der Waals surface area (Å²) in [6.07, 6.45) is 1.72. The van der Waals surface area contributed by atoms with Crippen LogP contribution < -0.4 is 5.32 Å². The van der Waals surface area contributed by atoms with E-state index in [0.717, 1.165) is 10.9 Å². The molecule has 1 heterocycles. The second-order valence-corrected chi connectivity index (χ2v) is 5.66. The maximum atomic E-state index is 12.4. The molecule has 0 atom stereocenters. The summed E-state index contributed by atoms with van der Waals surface area (Å²) in [5.74, 6) is -0.252. The van der Waals surface area contributed by atoms with Crippen LogP contribution in [-0.4, -0.2) is 10.9 Å².